The molecular formula is C16H17N5O. The molecule has 0 saturated heterocycles. The first-order valence-corrected chi connectivity index (χ1v) is 7.01. The summed E-state index contributed by atoms with van der Waals surface area (Å²) in [6.45, 7) is 6.33. The van der Waals surface area contributed by atoms with Crippen LogP contribution < -0.4 is 5.73 Å². The third kappa shape index (κ3) is 2.32. The molecule has 0 radical (unpaired) electrons. The second-order valence-corrected chi connectivity index (χ2v) is 5.35. The second-order valence-electron chi connectivity index (χ2n) is 5.35. The molecule has 2 N–H and O–H groups in total. The molecule has 0 saturated carbocycles. The number of nitrogen functional groups attached to an aromatic ring is 1. The molecule has 6 nitrogen and oxygen atoms in total. The summed E-state index contributed by atoms with van der Waals surface area (Å²) in [5, 5.41) is 0. The van der Waals surface area contributed by atoms with Crippen molar-refractivity contribution in [1.82, 2.24) is 19.5 Å². The van der Waals surface area contributed by atoms with Crippen LogP contribution in [0.2, 0.25) is 0 Å². The second kappa shape index (κ2) is 5.22. The first-order valence-electron chi connectivity index (χ1n) is 7.01. The van der Waals surface area contributed by atoms with Crippen molar-refractivity contribution in [3.8, 4) is 0 Å². The predicted molar refractivity (Wildman–Crippen MR) is 84.9 cm³/mol. The van der Waals surface area contributed by atoms with Gasteiger partial charge < -0.3 is 10.3 Å². The van der Waals surface area contributed by atoms with E-state index in [0.29, 0.717) is 23.6 Å². The Bertz CT molecular complexity index is 882. The number of fused-ring (bicyclic) bond motifs is 1. The summed E-state index contributed by atoms with van der Waals surface area (Å²) in [6.07, 6.45) is 0.799. The van der Waals surface area contributed by atoms with Crippen LogP contribution in [0.3, 0.4) is 0 Å². The van der Waals surface area contributed by atoms with Gasteiger partial charge in [-0.3, -0.25) is 14.8 Å². The summed E-state index contributed by atoms with van der Waals surface area (Å²) in [5.41, 5.74) is 11.8. The Morgan fingerprint density at radius 3 is 2.55 bits per heavy atom. The van der Waals surface area contributed by atoms with E-state index in [1.165, 1.54) is 0 Å². The summed E-state index contributed by atoms with van der Waals surface area (Å²) in [7, 11) is 0. The van der Waals surface area contributed by atoms with Crippen molar-refractivity contribution >= 4 is 23.3 Å². The van der Waals surface area contributed by atoms with E-state index < -0.39 is 0 Å². The fourth-order valence-corrected chi connectivity index (χ4v) is 2.47. The molecule has 0 atom stereocenters. The van der Waals surface area contributed by atoms with Crippen LogP contribution in [-0.4, -0.2) is 25.8 Å². The first-order chi connectivity index (χ1) is 10.5. The van der Waals surface area contributed by atoms with Crippen molar-refractivity contribution in [2.75, 3.05) is 5.73 Å². The molecule has 0 unspecified atom stereocenters. The van der Waals surface area contributed by atoms with E-state index in [1.54, 1.807) is 12.1 Å². The van der Waals surface area contributed by atoms with Crippen LogP contribution >= 0.6 is 0 Å². The molecular weight excluding hydrogens is 278 g/mol. The fraction of sp³-hybridized carbons (Fsp3) is 0.250. The molecule has 0 bridgehead atoms. The van der Waals surface area contributed by atoms with E-state index in [-0.39, 0.29) is 0 Å². The van der Waals surface area contributed by atoms with Crippen molar-refractivity contribution in [2.45, 2.75) is 27.3 Å². The Morgan fingerprint density at radius 1 is 1.09 bits per heavy atom. The first kappa shape index (κ1) is 14.2. The molecule has 2 heterocycles. The maximum atomic E-state index is 10.9. The number of hydrogen-bond donors (Lipinski definition) is 1. The van der Waals surface area contributed by atoms with Gasteiger partial charge in [0.1, 0.15) is 6.29 Å². The van der Waals surface area contributed by atoms with Gasteiger partial charge in [0.05, 0.1) is 40.4 Å². The van der Waals surface area contributed by atoms with E-state index in [4.69, 9.17) is 5.73 Å². The highest BCUT2D eigenvalue weighted by Gasteiger charge is 2.12. The van der Waals surface area contributed by atoms with Gasteiger partial charge in [-0.2, -0.15) is 0 Å². The summed E-state index contributed by atoms with van der Waals surface area (Å²) in [5.74, 6) is 0.400. The molecule has 0 aliphatic heterocycles. The average molecular weight is 295 g/mol. The van der Waals surface area contributed by atoms with Crippen LogP contribution in [0.1, 0.15) is 33.1 Å². The standard InChI is InChI=1S/C16H17N5O/c1-9-10(2)19-14(11(3)18-9)7-21-15-5-4-12(8-22)6-13(15)20-16(21)17/h4-6,8H,7H2,1-3H3,(H2,17,20). The lowest BCUT2D eigenvalue weighted by atomic mass is 10.2. The van der Waals surface area contributed by atoms with Crippen LogP contribution in [0.15, 0.2) is 18.2 Å². The Kier molecular flexibility index (Phi) is 3.36. The number of benzene rings is 1. The lowest BCUT2D eigenvalue weighted by molar-refractivity contribution is 0.112. The zero-order valence-electron chi connectivity index (χ0n) is 12.8. The number of hydrogen-bond acceptors (Lipinski definition) is 5. The fourth-order valence-electron chi connectivity index (χ4n) is 2.47. The molecule has 0 amide bonds. The van der Waals surface area contributed by atoms with E-state index >= 15 is 0 Å². The Labute approximate surface area is 128 Å². The van der Waals surface area contributed by atoms with Crippen LogP contribution in [0.25, 0.3) is 11.0 Å². The smallest absolute Gasteiger partial charge is 0.201 e. The number of imidazole rings is 1. The third-order valence-corrected chi connectivity index (χ3v) is 3.83. The van der Waals surface area contributed by atoms with Crippen molar-refractivity contribution in [2.24, 2.45) is 0 Å². The average Bonchev–Trinajstić information content (AvgIpc) is 2.79. The van der Waals surface area contributed by atoms with Crippen LogP contribution in [0.4, 0.5) is 5.95 Å². The molecule has 3 rings (SSSR count). The zero-order valence-corrected chi connectivity index (χ0v) is 12.8. The highest BCUT2D eigenvalue weighted by Crippen LogP contribution is 2.21. The van der Waals surface area contributed by atoms with Gasteiger partial charge in [-0.1, -0.05) is 0 Å². The number of rotatable bonds is 3. The summed E-state index contributed by atoms with van der Waals surface area (Å²) < 4.78 is 1.88. The maximum absolute atomic E-state index is 10.9. The van der Waals surface area contributed by atoms with Gasteiger partial charge in [-0.25, -0.2) is 4.98 Å². The monoisotopic (exact) mass is 295 g/mol. The highest BCUT2D eigenvalue weighted by molar-refractivity contribution is 5.86. The molecule has 22 heavy (non-hydrogen) atoms. The summed E-state index contributed by atoms with van der Waals surface area (Å²) in [4.78, 5) is 24.3. The number of aldehydes is 1. The molecule has 3 aromatic rings. The van der Waals surface area contributed by atoms with Gasteiger partial charge in [0.2, 0.25) is 5.95 Å². The maximum Gasteiger partial charge on any atom is 0.201 e. The Morgan fingerprint density at radius 2 is 1.82 bits per heavy atom. The quantitative estimate of drug-likeness (QED) is 0.748. The molecule has 0 aliphatic rings. The van der Waals surface area contributed by atoms with Crippen LogP contribution in [-0.2, 0) is 6.54 Å². The minimum Gasteiger partial charge on any atom is -0.369 e. The molecule has 0 spiro atoms. The predicted octanol–water partition coefficient (Wildman–Crippen LogP) is 2.19. The summed E-state index contributed by atoms with van der Waals surface area (Å²) >= 11 is 0. The van der Waals surface area contributed by atoms with Gasteiger partial charge in [0.25, 0.3) is 0 Å². The molecule has 2 aromatic heterocycles. The number of carbonyl (C=O) groups excluding carboxylic acids is 1. The SMILES string of the molecule is Cc1nc(C)c(Cn2c(N)nc3cc(C=O)ccc32)nc1C. The van der Waals surface area contributed by atoms with E-state index in [0.717, 1.165) is 34.6 Å². The normalized spacial score (nSPS) is 11.0. The van der Waals surface area contributed by atoms with E-state index in [9.17, 15) is 4.79 Å². The topological polar surface area (TPSA) is 86.7 Å². The highest BCUT2D eigenvalue weighted by atomic mass is 16.1. The lowest BCUT2D eigenvalue weighted by Crippen LogP contribution is -2.10. The van der Waals surface area contributed by atoms with Crippen molar-refractivity contribution in [3.63, 3.8) is 0 Å². The minimum absolute atomic E-state index is 0.400. The Balaban J connectivity index is 2.09. The Hall–Kier alpha value is -2.76. The molecule has 6 heteroatoms. The number of carbonyl (C=O) groups is 1. The minimum atomic E-state index is 0.400. The third-order valence-electron chi connectivity index (χ3n) is 3.83. The zero-order chi connectivity index (χ0) is 15.9. The van der Waals surface area contributed by atoms with Gasteiger partial charge >= 0.3 is 0 Å². The van der Waals surface area contributed by atoms with Crippen molar-refractivity contribution in [3.05, 3.63) is 46.5 Å². The molecule has 1 aromatic carbocycles. The number of anilines is 1. The number of aromatic nitrogens is 4. The van der Waals surface area contributed by atoms with Crippen molar-refractivity contribution < 1.29 is 4.79 Å². The van der Waals surface area contributed by atoms with Crippen LogP contribution in [0.5, 0.6) is 0 Å². The largest absolute Gasteiger partial charge is 0.369 e. The number of nitrogens with zero attached hydrogens (tertiary/aromatic N) is 4. The van der Waals surface area contributed by atoms with E-state index in [1.807, 2.05) is 31.4 Å². The van der Waals surface area contributed by atoms with Crippen molar-refractivity contribution in [1.29, 1.82) is 0 Å². The molecule has 0 aliphatic carbocycles. The summed E-state index contributed by atoms with van der Waals surface area (Å²) in [6, 6.07) is 5.34. The van der Waals surface area contributed by atoms with E-state index in [2.05, 4.69) is 15.0 Å². The molecule has 112 valence electrons. The number of aryl methyl sites for hydroxylation is 3. The van der Waals surface area contributed by atoms with Gasteiger partial charge in [0, 0.05) is 5.56 Å². The lowest BCUT2D eigenvalue weighted by Gasteiger charge is -2.10. The van der Waals surface area contributed by atoms with Gasteiger partial charge in [-0.05, 0) is 39.0 Å². The number of nitrogens with two attached hydrogens (primary N) is 1. The van der Waals surface area contributed by atoms with Gasteiger partial charge in [0.15, 0.2) is 0 Å². The van der Waals surface area contributed by atoms with Crippen LogP contribution in [0, 0.1) is 20.8 Å². The molecule has 0 fully saturated rings. The van der Waals surface area contributed by atoms with Gasteiger partial charge in [-0.15, -0.1) is 0 Å².